The van der Waals surface area contributed by atoms with Crippen molar-refractivity contribution in [2.45, 2.75) is 13.5 Å². The Morgan fingerprint density at radius 2 is 1.81 bits per heavy atom. The highest BCUT2D eigenvalue weighted by Gasteiger charge is 2.06. The first-order valence-electron chi connectivity index (χ1n) is 7.98. The Morgan fingerprint density at radius 3 is 2.54 bits per heavy atom. The number of methoxy groups -OCH3 is 1. The molecule has 0 aliphatic rings. The topological polar surface area (TPSA) is 59.1 Å². The molecular formula is C19H18Cl2N4O. The largest absolute Gasteiger partial charge is 0.495 e. The second kappa shape index (κ2) is 8.25. The molecule has 0 saturated carbocycles. The van der Waals surface area contributed by atoms with Gasteiger partial charge in [-0.1, -0.05) is 41.4 Å². The van der Waals surface area contributed by atoms with Gasteiger partial charge in [0.15, 0.2) is 0 Å². The Bertz CT molecular complexity index is 918. The number of aryl methyl sites for hydroxylation is 1. The fraction of sp³-hybridized carbons (Fsp3) is 0.158. The average Bonchev–Trinajstić information content (AvgIpc) is 2.61. The maximum absolute atomic E-state index is 6.18. The zero-order valence-corrected chi connectivity index (χ0v) is 15.9. The number of benzene rings is 2. The van der Waals surface area contributed by atoms with E-state index in [1.165, 1.54) is 0 Å². The molecule has 0 bridgehead atoms. The monoisotopic (exact) mass is 388 g/mol. The normalized spacial score (nSPS) is 10.5. The first kappa shape index (κ1) is 18.3. The van der Waals surface area contributed by atoms with Gasteiger partial charge in [-0.05, 0) is 36.8 Å². The van der Waals surface area contributed by atoms with E-state index < -0.39 is 0 Å². The summed E-state index contributed by atoms with van der Waals surface area (Å²) in [5.41, 5.74) is 2.63. The van der Waals surface area contributed by atoms with E-state index in [1.54, 1.807) is 19.2 Å². The highest BCUT2D eigenvalue weighted by molar-refractivity contribution is 6.32. The van der Waals surface area contributed by atoms with Crippen LogP contribution in [0.1, 0.15) is 11.3 Å². The fourth-order valence-electron chi connectivity index (χ4n) is 2.42. The molecule has 0 atom stereocenters. The maximum Gasteiger partial charge on any atom is 0.225 e. The summed E-state index contributed by atoms with van der Waals surface area (Å²) in [6.45, 7) is 2.45. The highest BCUT2D eigenvalue weighted by Crippen LogP contribution is 2.28. The third-order valence-corrected chi connectivity index (χ3v) is 4.34. The van der Waals surface area contributed by atoms with Crippen molar-refractivity contribution in [3.8, 4) is 5.75 Å². The van der Waals surface area contributed by atoms with Gasteiger partial charge >= 0.3 is 0 Å². The standard InChI is InChI=1S/C19H18Cl2N4O/c1-12-9-18(24-14-7-8-17(26-2)16(21)10-14)25-19(23-12)22-11-13-5-3-4-6-15(13)20/h3-10H,11H2,1-2H3,(H2,22,23,24,25). The van der Waals surface area contributed by atoms with E-state index in [4.69, 9.17) is 27.9 Å². The van der Waals surface area contributed by atoms with Gasteiger partial charge in [0, 0.05) is 29.0 Å². The van der Waals surface area contributed by atoms with Crippen LogP contribution in [0, 0.1) is 6.92 Å². The van der Waals surface area contributed by atoms with Gasteiger partial charge in [0.1, 0.15) is 11.6 Å². The number of anilines is 3. The van der Waals surface area contributed by atoms with Crippen LogP contribution >= 0.6 is 23.2 Å². The van der Waals surface area contributed by atoms with E-state index in [0.29, 0.717) is 34.1 Å². The third kappa shape index (κ3) is 4.56. The Balaban J connectivity index is 1.75. The molecule has 134 valence electrons. The lowest BCUT2D eigenvalue weighted by Crippen LogP contribution is -2.06. The summed E-state index contributed by atoms with van der Waals surface area (Å²) in [7, 11) is 1.58. The second-order valence-electron chi connectivity index (χ2n) is 5.64. The van der Waals surface area contributed by atoms with Crippen molar-refractivity contribution in [2.75, 3.05) is 17.7 Å². The number of nitrogens with zero attached hydrogens (tertiary/aromatic N) is 2. The zero-order valence-electron chi connectivity index (χ0n) is 14.4. The van der Waals surface area contributed by atoms with Crippen molar-refractivity contribution < 1.29 is 4.74 Å². The number of hydrogen-bond donors (Lipinski definition) is 2. The van der Waals surface area contributed by atoms with Crippen LogP contribution in [0.2, 0.25) is 10.0 Å². The van der Waals surface area contributed by atoms with Crippen LogP contribution in [0.3, 0.4) is 0 Å². The summed E-state index contributed by atoms with van der Waals surface area (Å²) in [6.07, 6.45) is 0. The van der Waals surface area contributed by atoms with Gasteiger partial charge in [0.25, 0.3) is 0 Å². The molecule has 0 fully saturated rings. The van der Waals surface area contributed by atoms with E-state index in [-0.39, 0.29) is 0 Å². The highest BCUT2D eigenvalue weighted by atomic mass is 35.5. The molecule has 2 aromatic carbocycles. The molecule has 0 radical (unpaired) electrons. The predicted octanol–water partition coefficient (Wildman–Crippen LogP) is 5.46. The maximum atomic E-state index is 6.18. The summed E-state index contributed by atoms with van der Waals surface area (Å²) in [6, 6.07) is 15.0. The molecule has 0 aliphatic heterocycles. The SMILES string of the molecule is COc1ccc(Nc2cc(C)nc(NCc3ccccc3Cl)n2)cc1Cl. The molecule has 26 heavy (non-hydrogen) atoms. The molecule has 1 heterocycles. The molecule has 5 nitrogen and oxygen atoms in total. The summed E-state index contributed by atoms with van der Waals surface area (Å²) in [4.78, 5) is 8.91. The van der Waals surface area contributed by atoms with Crippen molar-refractivity contribution >= 4 is 40.7 Å². The van der Waals surface area contributed by atoms with E-state index in [1.807, 2.05) is 43.3 Å². The molecule has 0 spiro atoms. The number of halogens is 2. The minimum atomic E-state index is 0.520. The minimum absolute atomic E-state index is 0.520. The summed E-state index contributed by atoms with van der Waals surface area (Å²) < 4.78 is 5.17. The Kier molecular flexibility index (Phi) is 5.81. The van der Waals surface area contributed by atoms with Gasteiger partial charge in [-0.2, -0.15) is 4.98 Å². The summed E-state index contributed by atoms with van der Waals surface area (Å²) in [5, 5.41) is 7.67. The lowest BCUT2D eigenvalue weighted by Gasteiger charge is -2.11. The number of hydrogen-bond acceptors (Lipinski definition) is 5. The van der Waals surface area contributed by atoms with E-state index in [9.17, 15) is 0 Å². The Labute approximate surface area is 162 Å². The number of aromatic nitrogens is 2. The van der Waals surface area contributed by atoms with Gasteiger partial charge in [-0.15, -0.1) is 0 Å². The molecular weight excluding hydrogens is 371 g/mol. The van der Waals surface area contributed by atoms with Crippen LogP contribution in [-0.4, -0.2) is 17.1 Å². The van der Waals surface area contributed by atoms with Gasteiger partial charge < -0.3 is 15.4 Å². The molecule has 2 N–H and O–H groups in total. The lowest BCUT2D eigenvalue weighted by atomic mass is 10.2. The van der Waals surface area contributed by atoms with E-state index in [0.717, 1.165) is 16.9 Å². The Hall–Kier alpha value is -2.50. The average molecular weight is 389 g/mol. The molecule has 7 heteroatoms. The first-order valence-corrected chi connectivity index (χ1v) is 8.74. The van der Waals surface area contributed by atoms with Crippen LogP contribution in [0.25, 0.3) is 0 Å². The number of rotatable bonds is 6. The minimum Gasteiger partial charge on any atom is -0.495 e. The first-order chi connectivity index (χ1) is 12.5. The van der Waals surface area contributed by atoms with Crippen LogP contribution in [0.5, 0.6) is 5.75 Å². The Morgan fingerprint density at radius 1 is 1.00 bits per heavy atom. The molecule has 3 rings (SSSR count). The molecule has 0 unspecified atom stereocenters. The molecule has 1 aromatic heterocycles. The molecule has 0 saturated heterocycles. The summed E-state index contributed by atoms with van der Waals surface area (Å²) in [5.74, 6) is 1.81. The van der Waals surface area contributed by atoms with Crippen molar-refractivity contribution in [1.29, 1.82) is 0 Å². The smallest absolute Gasteiger partial charge is 0.225 e. The second-order valence-corrected chi connectivity index (χ2v) is 6.45. The molecule has 0 aliphatic carbocycles. The van der Waals surface area contributed by atoms with Crippen LogP contribution in [0.4, 0.5) is 17.5 Å². The van der Waals surface area contributed by atoms with Crippen molar-refractivity contribution in [2.24, 2.45) is 0 Å². The van der Waals surface area contributed by atoms with Gasteiger partial charge in [-0.25, -0.2) is 4.98 Å². The lowest BCUT2D eigenvalue weighted by molar-refractivity contribution is 0.415. The van der Waals surface area contributed by atoms with Crippen LogP contribution in [-0.2, 0) is 6.54 Å². The van der Waals surface area contributed by atoms with Crippen LogP contribution < -0.4 is 15.4 Å². The van der Waals surface area contributed by atoms with Gasteiger partial charge in [-0.3, -0.25) is 0 Å². The van der Waals surface area contributed by atoms with Gasteiger partial charge in [0.2, 0.25) is 5.95 Å². The zero-order chi connectivity index (χ0) is 18.5. The van der Waals surface area contributed by atoms with E-state index >= 15 is 0 Å². The van der Waals surface area contributed by atoms with Crippen molar-refractivity contribution in [3.63, 3.8) is 0 Å². The quantitative estimate of drug-likeness (QED) is 0.587. The number of nitrogens with one attached hydrogen (secondary N) is 2. The predicted molar refractivity (Wildman–Crippen MR) is 107 cm³/mol. The molecule has 0 amide bonds. The molecule has 3 aromatic rings. The summed E-state index contributed by atoms with van der Waals surface area (Å²) >= 11 is 12.4. The van der Waals surface area contributed by atoms with Crippen LogP contribution in [0.15, 0.2) is 48.5 Å². The fourth-order valence-corrected chi connectivity index (χ4v) is 2.88. The van der Waals surface area contributed by atoms with E-state index in [2.05, 4.69) is 20.6 Å². The third-order valence-electron chi connectivity index (χ3n) is 3.67. The van der Waals surface area contributed by atoms with Crippen molar-refractivity contribution in [1.82, 2.24) is 9.97 Å². The van der Waals surface area contributed by atoms with Crippen molar-refractivity contribution in [3.05, 3.63) is 69.8 Å². The van der Waals surface area contributed by atoms with Gasteiger partial charge in [0.05, 0.1) is 12.1 Å². The number of ether oxygens (including phenoxy) is 1.